The van der Waals surface area contributed by atoms with E-state index in [-0.39, 0.29) is 5.91 Å². The zero-order valence-electron chi connectivity index (χ0n) is 12.2. The van der Waals surface area contributed by atoms with E-state index in [2.05, 4.69) is 26.3 Å². The fourth-order valence-corrected chi connectivity index (χ4v) is 2.49. The Balaban J connectivity index is 1.95. The minimum Gasteiger partial charge on any atom is -0.311 e. The average molecular weight is 350 g/mol. The van der Waals surface area contributed by atoms with Gasteiger partial charge in [-0.1, -0.05) is 52.7 Å². The van der Waals surface area contributed by atoms with Gasteiger partial charge in [0.2, 0.25) is 5.91 Å². The SMILES string of the molecule is Cn1nc(-c2ccccc2)cc1NC(=O)CCCCCBr. The van der Waals surface area contributed by atoms with E-state index in [9.17, 15) is 4.79 Å². The summed E-state index contributed by atoms with van der Waals surface area (Å²) >= 11 is 3.39. The number of nitrogens with zero attached hydrogens (tertiary/aromatic N) is 2. The maximum atomic E-state index is 11.9. The van der Waals surface area contributed by atoms with Gasteiger partial charge in [-0.15, -0.1) is 0 Å². The van der Waals surface area contributed by atoms with Crippen molar-refractivity contribution < 1.29 is 4.79 Å². The Kier molecular flexibility index (Phi) is 5.99. The summed E-state index contributed by atoms with van der Waals surface area (Å²) in [6.07, 6.45) is 3.65. The topological polar surface area (TPSA) is 46.9 Å². The average Bonchev–Trinajstić information content (AvgIpc) is 2.86. The molecule has 0 aliphatic rings. The monoisotopic (exact) mass is 349 g/mol. The number of alkyl halides is 1. The maximum absolute atomic E-state index is 11.9. The smallest absolute Gasteiger partial charge is 0.225 e. The summed E-state index contributed by atoms with van der Waals surface area (Å²) in [4.78, 5) is 11.9. The molecule has 1 aromatic heterocycles. The number of unbranched alkanes of at least 4 members (excludes halogenated alkanes) is 2. The third-order valence-electron chi connectivity index (χ3n) is 3.25. The summed E-state index contributed by atoms with van der Waals surface area (Å²) in [7, 11) is 1.84. The number of hydrogen-bond donors (Lipinski definition) is 1. The van der Waals surface area contributed by atoms with Crippen molar-refractivity contribution in [3.63, 3.8) is 0 Å². The van der Waals surface area contributed by atoms with Crippen LogP contribution in [0.4, 0.5) is 5.82 Å². The number of anilines is 1. The Bertz CT molecular complexity index is 580. The first kappa shape index (κ1) is 15.8. The lowest BCUT2D eigenvalue weighted by molar-refractivity contribution is -0.116. The van der Waals surface area contributed by atoms with Crippen molar-refractivity contribution in [1.29, 1.82) is 0 Å². The van der Waals surface area contributed by atoms with Gasteiger partial charge in [0.15, 0.2) is 0 Å². The van der Waals surface area contributed by atoms with Gasteiger partial charge in [-0.05, 0) is 12.8 Å². The number of carbonyl (C=O) groups is 1. The number of halogens is 1. The van der Waals surface area contributed by atoms with E-state index in [1.54, 1.807) is 4.68 Å². The van der Waals surface area contributed by atoms with Crippen molar-refractivity contribution in [2.45, 2.75) is 25.7 Å². The molecular weight excluding hydrogens is 330 g/mol. The quantitative estimate of drug-likeness (QED) is 0.606. The fourth-order valence-electron chi connectivity index (χ4n) is 2.10. The molecule has 0 radical (unpaired) electrons. The van der Waals surface area contributed by atoms with Crippen LogP contribution in [0.25, 0.3) is 11.3 Å². The first-order chi connectivity index (χ1) is 10.2. The molecule has 1 N–H and O–H groups in total. The summed E-state index contributed by atoms with van der Waals surface area (Å²) in [6.45, 7) is 0. The van der Waals surface area contributed by atoms with Crippen molar-refractivity contribution in [3.05, 3.63) is 36.4 Å². The van der Waals surface area contributed by atoms with Crippen LogP contribution in [0.15, 0.2) is 36.4 Å². The Morgan fingerprint density at radius 2 is 2.00 bits per heavy atom. The third kappa shape index (κ3) is 4.70. The minimum atomic E-state index is 0.0483. The zero-order chi connectivity index (χ0) is 15.1. The highest BCUT2D eigenvalue weighted by atomic mass is 79.9. The van der Waals surface area contributed by atoms with Gasteiger partial charge in [0.05, 0.1) is 5.69 Å². The van der Waals surface area contributed by atoms with Gasteiger partial charge in [-0.2, -0.15) is 5.10 Å². The van der Waals surface area contributed by atoms with Crippen LogP contribution >= 0.6 is 15.9 Å². The molecule has 21 heavy (non-hydrogen) atoms. The van der Waals surface area contributed by atoms with E-state index in [1.165, 1.54) is 0 Å². The Morgan fingerprint density at radius 3 is 2.71 bits per heavy atom. The number of aryl methyl sites for hydroxylation is 1. The molecule has 0 saturated carbocycles. The fraction of sp³-hybridized carbons (Fsp3) is 0.375. The van der Waals surface area contributed by atoms with Gasteiger partial charge in [0.1, 0.15) is 5.82 Å². The van der Waals surface area contributed by atoms with E-state index in [0.29, 0.717) is 6.42 Å². The van der Waals surface area contributed by atoms with Gasteiger partial charge < -0.3 is 5.32 Å². The van der Waals surface area contributed by atoms with E-state index in [0.717, 1.165) is 41.7 Å². The number of nitrogens with one attached hydrogen (secondary N) is 1. The third-order valence-corrected chi connectivity index (χ3v) is 3.82. The van der Waals surface area contributed by atoms with Crippen LogP contribution in [0.1, 0.15) is 25.7 Å². The van der Waals surface area contributed by atoms with Crippen molar-refractivity contribution in [1.82, 2.24) is 9.78 Å². The van der Waals surface area contributed by atoms with Gasteiger partial charge in [-0.25, -0.2) is 0 Å². The molecule has 0 aliphatic carbocycles. The molecular formula is C16H20BrN3O. The van der Waals surface area contributed by atoms with Gasteiger partial charge in [0.25, 0.3) is 0 Å². The maximum Gasteiger partial charge on any atom is 0.225 e. The number of aromatic nitrogens is 2. The molecule has 4 nitrogen and oxygen atoms in total. The summed E-state index contributed by atoms with van der Waals surface area (Å²) in [5.74, 6) is 0.784. The molecule has 112 valence electrons. The Labute approximate surface area is 133 Å². The Hall–Kier alpha value is -1.62. The van der Waals surface area contributed by atoms with Crippen LogP contribution in [0, 0.1) is 0 Å². The van der Waals surface area contributed by atoms with Crippen LogP contribution in [-0.4, -0.2) is 21.0 Å². The normalized spacial score (nSPS) is 10.6. The number of carbonyl (C=O) groups excluding carboxylic acids is 1. The standard InChI is InChI=1S/C16H20BrN3O/c1-20-15(18-16(21)10-6-3-7-11-17)12-14(19-20)13-8-4-2-5-9-13/h2,4-5,8-9,12H,3,6-7,10-11H2,1H3,(H,18,21). The molecule has 0 spiro atoms. The molecule has 0 bridgehead atoms. The zero-order valence-corrected chi connectivity index (χ0v) is 13.8. The number of hydrogen-bond acceptors (Lipinski definition) is 2. The first-order valence-corrected chi connectivity index (χ1v) is 8.28. The number of amides is 1. The number of benzene rings is 1. The summed E-state index contributed by atoms with van der Waals surface area (Å²) < 4.78 is 1.71. The molecule has 0 saturated heterocycles. The molecule has 1 heterocycles. The van der Waals surface area contributed by atoms with E-state index >= 15 is 0 Å². The molecule has 5 heteroatoms. The summed E-state index contributed by atoms with van der Waals surface area (Å²) in [6, 6.07) is 11.9. The number of rotatable bonds is 7. The van der Waals surface area contributed by atoms with Gasteiger partial charge in [-0.3, -0.25) is 9.48 Å². The van der Waals surface area contributed by atoms with E-state index < -0.39 is 0 Å². The summed E-state index contributed by atoms with van der Waals surface area (Å²) in [5.41, 5.74) is 1.92. The predicted octanol–water partition coefficient (Wildman–Crippen LogP) is 3.98. The van der Waals surface area contributed by atoms with E-state index in [1.807, 2.05) is 43.4 Å². The lowest BCUT2D eigenvalue weighted by atomic mass is 10.1. The molecule has 0 unspecified atom stereocenters. The second kappa shape index (κ2) is 7.98. The Morgan fingerprint density at radius 1 is 1.24 bits per heavy atom. The molecule has 1 aromatic carbocycles. The highest BCUT2D eigenvalue weighted by Crippen LogP contribution is 2.21. The lowest BCUT2D eigenvalue weighted by Crippen LogP contribution is -2.13. The largest absolute Gasteiger partial charge is 0.311 e. The van der Waals surface area contributed by atoms with Crippen LogP contribution in [0.5, 0.6) is 0 Å². The second-order valence-electron chi connectivity index (χ2n) is 4.95. The minimum absolute atomic E-state index is 0.0483. The molecule has 0 aliphatic heterocycles. The highest BCUT2D eigenvalue weighted by Gasteiger charge is 2.09. The molecule has 2 aromatic rings. The molecule has 0 atom stereocenters. The molecule has 2 rings (SSSR count). The van der Waals surface area contributed by atoms with E-state index in [4.69, 9.17) is 0 Å². The van der Waals surface area contributed by atoms with Crippen molar-refractivity contribution in [2.24, 2.45) is 7.05 Å². The first-order valence-electron chi connectivity index (χ1n) is 7.16. The van der Waals surface area contributed by atoms with Crippen LogP contribution in [0.3, 0.4) is 0 Å². The van der Waals surface area contributed by atoms with Gasteiger partial charge in [0, 0.05) is 30.4 Å². The molecule has 1 amide bonds. The molecule has 0 fully saturated rings. The van der Waals surface area contributed by atoms with Crippen molar-refractivity contribution in [3.8, 4) is 11.3 Å². The van der Waals surface area contributed by atoms with Crippen molar-refractivity contribution >= 4 is 27.7 Å². The van der Waals surface area contributed by atoms with Gasteiger partial charge >= 0.3 is 0 Å². The van der Waals surface area contributed by atoms with Crippen LogP contribution in [-0.2, 0) is 11.8 Å². The predicted molar refractivity (Wildman–Crippen MR) is 89.5 cm³/mol. The lowest BCUT2D eigenvalue weighted by Gasteiger charge is -2.04. The highest BCUT2D eigenvalue weighted by molar-refractivity contribution is 9.09. The van der Waals surface area contributed by atoms with Crippen molar-refractivity contribution in [2.75, 3.05) is 10.6 Å². The van der Waals surface area contributed by atoms with Crippen LogP contribution in [0.2, 0.25) is 0 Å². The summed E-state index contributed by atoms with van der Waals surface area (Å²) in [5, 5.41) is 8.36. The second-order valence-corrected chi connectivity index (χ2v) is 5.75. The van der Waals surface area contributed by atoms with Crippen LogP contribution < -0.4 is 5.32 Å².